The number of rotatable bonds is 6. The Hall–Kier alpha value is -4.11. The van der Waals surface area contributed by atoms with E-state index in [1.165, 1.54) is 11.0 Å². The number of benzene rings is 1. The first kappa shape index (κ1) is 25.5. The van der Waals surface area contributed by atoms with Crippen LogP contribution in [0.15, 0.2) is 48.7 Å². The molecule has 1 N–H and O–H groups in total. The zero-order valence-electron chi connectivity index (χ0n) is 22.4. The number of nitrogens with zero attached hydrogens (tertiary/aromatic N) is 6. The molecule has 1 aliphatic heterocycles. The average Bonchev–Trinajstić information content (AvgIpc) is 3.23. The van der Waals surface area contributed by atoms with Crippen molar-refractivity contribution >= 4 is 28.3 Å². The quantitative estimate of drug-likeness (QED) is 0.409. The molecule has 0 atom stereocenters. The fraction of sp³-hybridized carbons (Fsp3) is 0.310. The zero-order valence-corrected chi connectivity index (χ0v) is 22.4. The van der Waals surface area contributed by atoms with E-state index in [4.69, 9.17) is 0 Å². The molecule has 4 heterocycles. The van der Waals surface area contributed by atoms with Gasteiger partial charge in [-0.05, 0) is 60.9 Å². The van der Waals surface area contributed by atoms with Gasteiger partial charge in [0.05, 0.1) is 5.69 Å². The van der Waals surface area contributed by atoms with Crippen LogP contribution >= 0.6 is 0 Å². The number of carbonyl (C=O) groups is 1. The van der Waals surface area contributed by atoms with Gasteiger partial charge in [0.25, 0.3) is 5.91 Å². The Morgan fingerprint density at radius 1 is 1.16 bits per heavy atom. The van der Waals surface area contributed by atoms with Crippen LogP contribution in [-0.2, 0) is 13.6 Å². The van der Waals surface area contributed by atoms with Gasteiger partial charge in [-0.15, -0.1) is 10.2 Å². The Bertz CT molecular complexity index is 1520. The molecule has 9 heteroatoms. The molecule has 0 saturated heterocycles. The second-order valence-corrected chi connectivity index (χ2v) is 9.91. The fourth-order valence-electron chi connectivity index (χ4n) is 5.10. The lowest BCUT2D eigenvalue weighted by Gasteiger charge is -2.27. The Morgan fingerprint density at radius 2 is 1.97 bits per heavy atom. The summed E-state index contributed by atoms with van der Waals surface area (Å²) in [5.74, 6) is 0.184. The summed E-state index contributed by atoms with van der Waals surface area (Å²) < 4.78 is 17.2. The summed E-state index contributed by atoms with van der Waals surface area (Å²) in [7, 11) is 7.19. The number of aryl methyl sites for hydroxylation is 2. The van der Waals surface area contributed by atoms with E-state index in [2.05, 4.69) is 42.1 Å². The van der Waals surface area contributed by atoms with Crippen molar-refractivity contribution in [2.24, 2.45) is 7.05 Å². The number of hydrogen-bond donors (Lipinski definition) is 1. The van der Waals surface area contributed by atoms with E-state index in [1.54, 1.807) is 26.4 Å². The minimum Gasteiger partial charge on any atom is -0.372 e. The number of anilines is 1. The molecule has 5 rings (SSSR count). The third-order valence-electron chi connectivity index (χ3n) is 7.17. The molecule has 0 unspecified atom stereocenters. The summed E-state index contributed by atoms with van der Waals surface area (Å²) in [5, 5.41) is 12.6. The molecule has 8 nitrogen and oxygen atoms in total. The van der Waals surface area contributed by atoms with E-state index in [0.29, 0.717) is 17.7 Å². The lowest BCUT2D eigenvalue weighted by Crippen LogP contribution is -2.29. The molecule has 3 aromatic heterocycles. The highest BCUT2D eigenvalue weighted by Crippen LogP contribution is 2.31. The lowest BCUT2D eigenvalue weighted by atomic mass is 9.93. The molecule has 0 aliphatic carbocycles. The Balaban J connectivity index is 1.36. The molecule has 0 spiro atoms. The van der Waals surface area contributed by atoms with Gasteiger partial charge in [-0.1, -0.05) is 6.08 Å². The molecule has 4 aromatic rings. The highest BCUT2D eigenvalue weighted by Gasteiger charge is 2.21. The first-order chi connectivity index (χ1) is 18.3. The molecule has 1 aromatic carbocycles. The van der Waals surface area contributed by atoms with E-state index in [1.807, 2.05) is 39.2 Å². The molecule has 0 radical (unpaired) electrons. The first-order valence-corrected chi connectivity index (χ1v) is 12.7. The van der Waals surface area contributed by atoms with Gasteiger partial charge < -0.3 is 14.8 Å². The van der Waals surface area contributed by atoms with Crippen LogP contribution in [0.25, 0.3) is 27.9 Å². The molecular formula is C29H32FN7O. The van der Waals surface area contributed by atoms with Gasteiger partial charge in [0.2, 0.25) is 0 Å². The second-order valence-electron chi connectivity index (χ2n) is 9.91. The van der Waals surface area contributed by atoms with E-state index >= 15 is 4.39 Å². The standard InChI is InChI=1S/C29H32FN7O/c1-18-14-20(29(38)35(3)4)15-24(30)27(18)19-9-12-37(13-10-19)17-21-16-23-22(8-11-32-28(23)36(21)5)25-6-7-26(31-2)34-33-25/h6-9,11,14-16H,10,12-13,17H2,1-5H3,(H,31,34). The van der Waals surface area contributed by atoms with Crippen LogP contribution in [0.4, 0.5) is 10.2 Å². The summed E-state index contributed by atoms with van der Waals surface area (Å²) in [6.45, 7) is 4.14. The third-order valence-corrected chi connectivity index (χ3v) is 7.17. The average molecular weight is 514 g/mol. The summed E-state index contributed by atoms with van der Waals surface area (Å²) in [6.07, 6.45) is 4.65. The van der Waals surface area contributed by atoms with Crippen molar-refractivity contribution in [1.82, 2.24) is 29.5 Å². The number of nitrogens with one attached hydrogen (secondary N) is 1. The van der Waals surface area contributed by atoms with Gasteiger partial charge in [-0.3, -0.25) is 9.69 Å². The molecule has 196 valence electrons. The van der Waals surface area contributed by atoms with Crippen molar-refractivity contribution in [3.63, 3.8) is 0 Å². The number of amides is 1. The molecule has 38 heavy (non-hydrogen) atoms. The van der Waals surface area contributed by atoms with Crippen LogP contribution in [0.2, 0.25) is 0 Å². The van der Waals surface area contributed by atoms with Crippen LogP contribution in [-0.4, -0.2) is 69.7 Å². The number of hydrogen-bond acceptors (Lipinski definition) is 6. The Morgan fingerprint density at radius 3 is 2.61 bits per heavy atom. The minimum absolute atomic E-state index is 0.197. The molecule has 0 bridgehead atoms. The van der Waals surface area contributed by atoms with Crippen molar-refractivity contribution in [3.05, 3.63) is 76.9 Å². The highest BCUT2D eigenvalue weighted by atomic mass is 19.1. The summed E-state index contributed by atoms with van der Waals surface area (Å²) in [6, 6.07) is 11.2. The van der Waals surface area contributed by atoms with Crippen molar-refractivity contribution < 1.29 is 9.18 Å². The maximum absolute atomic E-state index is 15.1. The maximum atomic E-state index is 15.1. The minimum atomic E-state index is -0.340. The van der Waals surface area contributed by atoms with Gasteiger partial charge in [0.1, 0.15) is 17.3 Å². The van der Waals surface area contributed by atoms with E-state index in [-0.39, 0.29) is 11.7 Å². The zero-order chi connectivity index (χ0) is 27.0. The molecule has 1 amide bonds. The van der Waals surface area contributed by atoms with Crippen molar-refractivity contribution in [3.8, 4) is 11.3 Å². The number of fused-ring (bicyclic) bond motifs is 1. The number of aromatic nitrogens is 4. The smallest absolute Gasteiger partial charge is 0.253 e. The molecule has 1 aliphatic rings. The first-order valence-electron chi connectivity index (χ1n) is 12.7. The van der Waals surface area contributed by atoms with Crippen LogP contribution in [0, 0.1) is 12.7 Å². The number of carbonyl (C=O) groups excluding carboxylic acids is 1. The topological polar surface area (TPSA) is 79.2 Å². The van der Waals surface area contributed by atoms with Gasteiger partial charge >= 0.3 is 0 Å². The van der Waals surface area contributed by atoms with E-state index < -0.39 is 0 Å². The summed E-state index contributed by atoms with van der Waals surface area (Å²) in [4.78, 5) is 20.7. The monoisotopic (exact) mass is 513 g/mol. The Kier molecular flexibility index (Phi) is 6.94. The van der Waals surface area contributed by atoms with Crippen molar-refractivity contribution in [1.29, 1.82) is 0 Å². The largest absolute Gasteiger partial charge is 0.372 e. The summed E-state index contributed by atoms with van der Waals surface area (Å²) in [5.41, 5.74) is 6.60. The normalized spacial score (nSPS) is 14.0. The van der Waals surface area contributed by atoms with Crippen LogP contribution in [0.1, 0.15) is 33.6 Å². The molecular weight excluding hydrogens is 481 g/mol. The number of halogens is 1. The predicted molar refractivity (Wildman–Crippen MR) is 148 cm³/mol. The lowest BCUT2D eigenvalue weighted by molar-refractivity contribution is 0.0827. The van der Waals surface area contributed by atoms with Crippen LogP contribution in [0.3, 0.4) is 0 Å². The van der Waals surface area contributed by atoms with Gasteiger partial charge in [-0.2, -0.15) is 0 Å². The third kappa shape index (κ3) is 4.77. The van der Waals surface area contributed by atoms with E-state index in [0.717, 1.165) is 64.4 Å². The fourth-order valence-corrected chi connectivity index (χ4v) is 5.10. The number of pyridine rings is 1. The second kappa shape index (κ2) is 10.3. The van der Waals surface area contributed by atoms with Gasteiger partial charge in [0, 0.05) is 81.8 Å². The van der Waals surface area contributed by atoms with Crippen LogP contribution < -0.4 is 5.32 Å². The van der Waals surface area contributed by atoms with Gasteiger partial charge in [-0.25, -0.2) is 9.37 Å². The van der Waals surface area contributed by atoms with Crippen LogP contribution in [0.5, 0.6) is 0 Å². The maximum Gasteiger partial charge on any atom is 0.253 e. The highest BCUT2D eigenvalue weighted by molar-refractivity contribution is 5.95. The SMILES string of the molecule is CNc1ccc(-c2ccnc3c2cc(CN2CC=C(c4c(C)cc(C(=O)N(C)C)cc4F)CC2)n3C)nn1. The molecule has 0 fully saturated rings. The summed E-state index contributed by atoms with van der Waals surface area (Å²) >= 11 is 0. The predicted octanol–water partition coefficient (Wildman–Crippen LogP) is 4.51. The van der Waals surface area contributed by atoms with Crippen molar-refractivity contribution in [2.45, 2.75) is 19.9 Å². The molecule has 0 saturated carbocycles. The van der Waals surface area contributed by atoms with Gasteiger partial charge in [0.15, 0.2) is 0 Å². The van der Waals surface area contributed by atoms with Crippen molar-refractivity contribution in [2.75, 3.05) is 39.5 Å². The van der Waals surface area contributed by atoms with E-state index in [9.17, 15) is 4.79 Å². The Labute approximate surface area is 221 Å².